The quantitative estimate of drug-likeness (QED) is 0.0627. The average Bonchev–Trinajstić information content (AvgIpc) is 3.13. The monoisotopic (exact) mass is 740 g/mol. The van der Waals surface area contributed by atoms with Gasteiger partial charge in [0, 0.05) is 12.2 Å². The molecule has 19 nitrogen and oxygen atoms in total. The van der Waals surface area contributed by atoms with E-state index in [0.29, 0.717) is 5.56 Å². The Hall–Kier alpha value is -4.70. The van der Waals surface area contributed by atoms with E-state index in [4.69, 9.17) is 37.9 Å². The third kappa shape index (κ3) is 9.20. The number of phenolic OH excluding ortho intramolecular Hbond substituents is 3. The van der Waals surface area contributed by atoms with E-state index in [1.165, 1.54) is 51.7 Å². The highest BCUT2D eigenvalue weighted by atomic mass is 16.7. The summed E-state index contributed by atoms with van der Waals surface area (Å²) in [4.78, 5) is 25.4. The topological polar surface area (TPSA) is 290 Å². The van der Waals surface area contributed by atoms with Crippen molar-refractivity contribution < 1.29 is 93.4 Å². The maximum atomic E-state index is 12.8. The highest BCUT2D eigenvalue weighted by Gasteiger charge is 2.49. The number of carbonyl (C=O) groups is 2. The van der Waals surface area contributed by atoms with Crippen molar-refractivity contribution >= 4 is 24.1 Å². The summed E-state index contributed by atoms with van der Waals surface area (Å²) in [5.41, 5.74) is 0.551. The molecule has 2 aliphatic heterocycles. The van der Waals surface area contributed by atoms with Gasteiger partial charge in [-0.05, 0) is 47.5 Å². The smallest absolute Gasteiger partial charge is 0.333 e. The highest BCUT2D eigenvalue weighted by Crippen LogP contribution is 2.38. The van der Waals surface area contributed by atoms with Crippen LogP contribution < -0.4 is 14.2 Å². The Morgan fingerprint density at radius 1 is 0.654 bits per heavy atom. The van der Waals surface area contributed by atoms with Crippen LogP contribution in [0.25, 0.3) is 12.2 Å². The lowest BCUT2D eigenvalue weighted by molar-refractivity contribution is -0.327. The summed E-state index contributed by atoms with van der Waals surface area (Å²) in [6.07, 6.45) is -13.3. The van der Waals surface area contributed by atoms with Crippen molar-refractivity contribution in [3.8, 4) is 34.5 Å². The van der Waals surface area contributed by atoms with Gasteiger partial charge in [0.15, 0.2) is 35.4 Å². The Morgan fingerprint density at radius 2 is 1.15 bits per heavy atom. The second kappa shape index (κ2) is 17.7. The number of hydrogen-bond acceptors (Lipinski definition) is 19. The Morgan fingerprint density at radius 3 is 1.71 bits per heavy atom. The van der Waals surface area contributed by atoms with Crippen LogP contribution in [0, 0.1) is 0 Å². The molecular weight excluding hydrogens is 700 g/mol. The van der Waals surface area contributed by atoms with Gasteiger partial charge in [-0.25, -0.2) is 9.59 Å². The van der Waals surface area contributed by atoms with E-state index >= 15 is 0 Å². The number of aromatic hydroxyl groups is 3. The molecule has 2 aromatic rings. The summed E-state index contributed by atoms with van der Waals surface area (Å²) in [6.45, 7) is -1.50. The first-order valence-electron chi connectivity index (χ1n) is 15.5. The molecule has 0 aliphatic carbocycles. The molecule has 9 N–H and O–H groups in total. The summed E-state index contributed by atoms with van der Waals surface area (Å²) in [6, 6.07) is 5.20. The maximum absolute atomic E-state index is 12.8. The van der Waals surface area contributed by atoms with Crippen molar-refractivity contribution in [2.24, 2.45) is 0 Å². The Bertz CT molecular complexity index is 1580. The van der Waals surface area contributed by atoms with Gasteiger partial charge in [0.25, 0.3) is 0 Å². The molecule has 2 heterocycles. The first-order valence-corrected chi connectivity index (χ1v) is 15.5. The number of hydrogen-bond donors (Lipinski definition) is 9. The second-order valence-electron chi connectivity index (χ2n) is 11.4. The zero-order valence-corrected chi connectivity index (χ0v) is 27.9. The first-order chi connectivity index (χ1) is 24.7. The van der Waals surface area contributed by atoms with Crippen LogP contribution in [0.5, 0.6) is 34.5 Å². The van der Waals surface area contributed by atoms with E-state index in [-0.39, 0.29) is 28.6 Å². The van der Waals surface area contributed by atoms with Crippen LogP contribution in [0.3, 0.4) is 0 Å². The predicted octanol–water partition coefficient (Wildman–Crippen LogP) is -1.73. The molecule has 0 unspecified atom stereocenters. The molecule has 2 aliphatic rings. The highest BCUT2D eigenvalue weighted by molar-refractivity contribution is 5.88. The Labute approximate surface area is 295 Å². The van der Waals surface area contributed by atoms with Crippen molar-refractivity contribution in [3.05, 3.63) is 47.5 Å². The number of benzene rings is 2. The molecule has 0 aromatic heterocycles. The summed E-state index contributed by atoms with van der Waals surface area (Å²) >= 11 is 0. The van der Waals surface area contributed by atoms with Gasteiger partial charge in [0.1, 0.15) is 42.7 Å². The third-order valence-corrected chi connectivity index (χ3v) is 8.03. The summed E-state index contributed by atoms with van der Waals surface area (Å²) < 4.78 is 42.2. The van der Waals surface area contributed by atoms with Crippen LogP contribution in [0.2, 0.25) is 0 Å². The minimum absolute atomic E-state index is 0.0459. The van der Waals surface area contributed by atoms with E-state index in [0.717, 1.165) is 18.2 Å². The van der Waals surface area contributed by atoms with Gasteiger partial charge >= 0.3 is 11.9 Å². The average molecular weight is 741 g/mol. The largest absolute Gasteiger partial charge is 0.504 e. The van der Waals surface area contributed by atoms with Gasteiger partial charge in [-0.15, -0.1) is 0 Å². The number of methoxy groups -OCH3 is 3. The van der Waals surface area contributed by atoms with E-state index in [2.05, 4.69) is 0 Å². The fraction of sp³-hybridized carbons (Fsp3) is 0.455. The summed E-state index contributed by atoms with van der Waals surface area (Å²) in [5.74, 6) is -3.47. The summed E-state index contributed by atoms with van der Waals surface area (Å²) in [7, 11) is 3.86. The van der Waals surface area contributed by atoms with Crippen LogP contribution in [0.15, 0.2) is 36.4 Å². The molecule has 2 saturated heterocycles. The lowest BCUT2D eigenvalue weighted by Crippen LogP contribution is -2.62. The van der Waals surface area contributed by atoms with Gasteiger partial charge < -0.3 is 83.9 Å². The molecule has 2 fully saturated rings. The van der Waals surface area contributed by atoms with E-state index in [1.54, 1.807) is 0 Å². The van der Waals surface area contributed by atoms with Gasteiger partial charge in [-0.1, -0.05) is 0 Å². The van der Waals surface area contributed by atoms with E-state index < -0.39 is 98.1 Å². The first kappa shape index (κ1) is 40.1. The molecule has 19 heteroatoms. The van der Waals surface area contributed by atoms with Crippen LogP contribution in [-0.4, -0.2) is 154 Å². The molecule has 0 bridgehead atoms. The van der Waals surface area contributed by atoms with Gasteiger partial charge in [-0.2, -0.15) is 0 Å². The van der Waals surface area contributed by atoms with Crippen LogP contribution in [-0.2, 0) is 33.3 Å². The fourth-order valence-electron chi connectivity index (χ4n) is 5.19. The molecule has 0 saturated carbocycles. The predicted molar refractivity (Wildman–Crippen MR) is 172 cm³/mol. The van der Waals surface area contributed by atoms with Crippen molar-refractivity contribution in [2.75, 3.05) is 34.5 Å². The molecule has 0 amide bonds. The number of ether oxygens (including phenoxy) is 8. The third-order valence-electron chi connectivity index (χ3n) is 8.03. The zero-order chi connectivity index (χ0) is 38.3. The van der Waals surface area contributed by atoms with Crippen LogP contribution in [0.1, 0.15) is 11.1 Å². The van der Waals surface area contributed by atoms with E-state index in [9.17, 15) is 55.5 Å². The standard InChI is InChI=1S/C33H40O19/c1-45-17-9-14(8-16(35)24(17)38)4-7-23(37)52-32-30(44)28(42)27(41)21(50-32)13-48-33-31(29(43)26(40)20(12-34)49-33)51-22(36)6-5-15-10-18(46-2)25(39)19(11-15)47-3/h4-11,20-21,26-35,38-44H,12-13H2,1-3H3/b6-5+,7-4+/t20-,21-,26-,27-,28-,29+,30-,31-,32+,33-/m1/s1. The van der Waals surface area contributed by atoms with Gasteiger partial charge in [0.2, 0.25) is 17.8 Å². The molecule has 286 valence electrons. The van der Waals surface area contributed by atoms with Crippen LogP contribution in [0.4, 0.5) is 0 Å². The molecule has 2 aromatic carbocycles. The molecular formula is C33H40O19. The van der Waals surface area contributed by atoms with E-state index in [1.807, 2.05) is 0 Å². The Balaban J connectivity index is 1.44. The molecule has 10 atom stereocenters. The minimum Gasteiger partial charge on any atom is -0.504 e. The lowest BCUT2D eigenvalue weighted by atomic mass is 9.98. The molecule has 0 radical (unpaired) electrons. The SMILES string of the molecule is COc1cc(/C=C/C(=O)O[C@@H]2O[C@H](CO[C@@H]3O[C@H](CO)[C@@H](O)[C@H](O)[C@H]3OC(=O)/C=C/c3cc(OC)c(O)c(OC)c3)[C@@H](O)[C@@H](O)[C@H]2O)cc(O)c1O. The second-order valence-corrected chi connectivity index (χ2v) is 11.4. The summed E-state index contributed by atoms with van der Waals surface area (Å²) in [5, 5.41) is 92.1. The number of aliphatic hydroxyl groups excluding tert-OH is 6. The van der Waals surface area contributed by atoms with Crippen molar-refractivity contribution in [1.29, 1.82) is 0 Å². The fourth-order valence-corrected chi connectivity index (χ4v) is 5.19. The van der Waals surface area contributed by atoms with Gasteiger partial charge in [-0.3, -0.25) is 0 Å². The van der Waals surface area contributed by atoms with Crippen LogP contribution >= 0.6 is 0 Å². The number of phenols is 3. The molecule has 4 rings (SSSR count). The van der Waals surface area contributed by atoms with Gasteiger partial charge in [0.05, 0.1) is 34.5 Å². The minimum atomic E-state index is -1.93. The maximum Gasteiger partial charge on any atom is 0.333 e. The Kier molecular flexibility index (Phi) is 13.6. The number of rotatable bonds is 13. The number of aliphatic hydroxyl groups is 6. The lowest BCUT2D eigenvalue weighted by Gasteiger charge is -2.43. The molecule has 52 heavy (non-hydrogen) atoms. The van der Waals surface area contributed by atoms with Crippen molar-refractivity contribution in [3.63, 3.8) is 0 Å². The normalized spacial score (nSPS) is 29.2. The number of carbonyl (C=O) groups excluding carboxylic acids is 2. The molecule has 0 spiro atoms. The van der Waals surface area contributed by atoms with Crippen molar-refractivity contribution in [2.45, 2.75) is 61.4 Å². The van der Waals surface area contributed by atoms with Crippen molar-refractivity contribution in [1.82, 2.24) is 0 Å². The zero-order valence-electron chi connectivity index (χ0n) is 27.9. The number of esters is 2.